The number of rotatable bonds is 9. The van der Waals surface area contributed by atoms with E-state index in [4.69, 9.17) is 4.74 Å². The average molecular weight is 534 g/mol. The lowest BCUT2D eigenvalue weighted by Crippen LogP contribution is -2.36. The summed E-state index contributed by atoms with van der Waals surface area (Å²) in [6.07, 6.45) is 4.88. The standard InChI is InChI=1S/C24H30N4O2.HI/c1-3-14-30-22-13-5-4-9-20(22)17-27-24(25-2)26-16-18-8-6-12-21(15-18)28-23(29)19-10-7-11-19;/h3-6,8-9,12-13,15,19H,1,7,10-11,14,16-17H2,2H3,(H,28,29)(H2,25,26,27);1H. The van der Waals surface area contributed by atoms with Gasteiger partial charge >= 0.3 is 0 Å². The van der Waals surface area contributed by atoms with E-state index in [-0.39, 0.29) is 35.8 Å². The molecule has 0 saturated heterocycles. The zero-order chi connectivity index (χ0) is 21.2. The van der Waals surface area contributed by atoms with Gasteiger partial charge in [0, 0.05) is 37.3 Å². The number of carbonyl (C=O) groups is 1. The van der Waals surface area contributed by atoms with Gasteiger partial charge in [0.2, 0.25) is 5.91 Å². The van der Waals surface area contributed by atoms with E-state index < -0.39 is 0 Å². The van der Waals surface area contributed by atoms with Crippen LogP contribution in [0, 0.1) is 5.92 Å². The molecule has 1 aliphatic rings. The van der Waals surface area contributed by atoms with Crippen molar-refractivity contribution in [1.82, 2.24) is 10.6 Å². The summed E-state index contributed by atoms with van der Waals surface area (Å²) in [5.41, 5.74) is 2.95. The van der Waals surface area contributed by atoms with Crippen molar-refractivity contribution in [3.8, 4) is 5.75 Å². The summed E-state index contributed by atoms with van der Waals surface area (Å²) in [6.45, 7) is 5.35. The lowest BCUT2D eigenvalue weighted by Gasteiger charge is -2.24. The van der Waals surface area contributed by atoms with Crippen LogP contribution in [0.3, 0.4) is 0 Å². The molecule has 1 saturated carbocycles. The highest BCUT2D eigenvalue weighted by atomic mass is 127. The SMILES string of the molecule is C=CCOc1ccccc1CNC(=NC)NCc1cccc(NC(=O)C2CCC2)c1.I. The van der Waals surface area contributed by atoms with Crippen LogP contribution >= 0.6 is 24.0 Å². The van der Waals surface area contributed by atoms with E-state index >= 15 is 0 Å². The lowest BCUT2D eigenvalue weighted by molar-refractivity contribution is -0.122. The molecular formula is C24H31IN4O2. The van der Waals surface area contributed by atoms with E-state index in [1.165, 1.54) is 0 Å². The molecule has 0 aliphatic heterocycles. The number of hydrogen-bond donors (Lipinski definition) is 3. The zero-order valence-electron chi connectivity index (χ0n) is 17.9. The zero-order valence-corrected chi connectivity index (χ0v) is 20.2. The van der Waals surface area contributed by atoms with E-state index in [0.717, 1.165) is 41.8 Å². The molecule has 0 aromatic heterocycles. The Morgan fingerprint density at radius 1 is 1.16 bits per heavy atom. The van der Waals surface area contributed by atoms with Crippen molar-refractivity contribution in [1.29, 1.82) is 0 Å². The molecule has 2 aromatic carbocycles. The van der Waals surface area contributed by atoms with Gasteiger partial charge in [-0.15, -0.1) is 24.0 Å². The summed E-state index contributed by atoms with van der Waals surface area (Å²) in [4.78, 5) is 16.5. The Bertz CT molecular complexity index is 897. The van der Waals surface area contributed by atoms with Crippen molar-refractivity contribution in [2.24, 2.45) is 10.9 Å². The molecule has 0 radical (unpaired) electrons. The second-order valence-electron chi connectivity index (χ2n) is 7.30. The Balaban J connectivity index is 0.00000341. The number of aliphatic imine (C=N–C) groups is 1. The fourth-order valence-electron chi connectivity index (χ4n) is 3.20. The van der Waals surface area contributed by atoms with Crippen LogP contribution in [0.15, 0.2) is 66.2 Å². The van der Waals surface area contributed by atoms with Gasteiger partial charge in [-0.2, -0.15) is 0 Å². The van der Waals surface area contributed by atoms with Crippen molar-refractivity contribution >= 4 is 41.5 Å². The maximum atomic E-state index is 12.2. The molecular weight excluding hydrogens is 503 g/mol. The number of benzene rings is 2. The smallest absolute Gasteiger partial charge is 0.227 e. The van der Waals surface area contributed by atoms with Crippen molar-refractivity contribution < 1.29 is 9.53 Å². The van der Waals surface area contributed by atoms with Gasteiger partial charge in [-0.25, -0.2) is 0 Å². The summed E-state index contributed by atoms with van der Waals surface area (Å²) in [7, 11) is 1.74. The third-order valence-electron chi connectivity index (χ3n) is 5.13. The topological polar surface area (TPSA) is 74.8 Å². The van der Waals surface area contributed by atoms with Gasteiger partial charge in [-0.1, -0.05) is 49.4 Å². The van der Waals surface area contributed by atoms with Crippen LogP contribution in [0.1, 0.15) is 30.4 Å². The molecule has 0 spiro atoms. The molecule has 6 nitrogen and oxygen atoms in total. The maximum absolute atomic E-state index is 12.2. The van der Waals surface area contributed by atoms with Gasteiger partial charge in [0.15, 0.2) is 5.96 Å². The van der Waals surface area contributed by atoms with E-state index in [1.807, 2.05) is 48.5 Å². The first kappa shape index (κ1) is 24.7. The van der Waals surface area contributed by atoms with Gasteiger partial charge in [0.05, 0.1) is 0 Å². The maximum Gasteiger partial charge on any atom is 0.227 e. The Morgan fingerprint density at radius 2 is 1.94 bits per heavy atom. The lowest BCUT2D eigenvalue weighted by atomic mass is 9.85. The number of para-hydroxylation sites is 1. The Kier molecular flexibility index (Phi) is 10.4. The predicted octanol–water partition coefficient (Wildman–Crippen LogP) is 4.47. The molecule has 0 heterocycles. The number of halogens is 1. The first-order chi connectivity index (χ1) is 14.7. The van der Waals surface area contributed by atoms with E-state index in [9.17, 15) is 4.79 Å². The molecule has 1 amide bonds. The molecule has 7 heteroatoms. The number of carbonyl (C=O) groups excluding carboxylic acids is 1. The highest BCUT2D eigenvalue weighted by molar-refractivity contribution is 14.0. The van der Waals surface area contributed by atoms with Crippen LogP contribution in [-0.4, -0.2) is 25.5 Å². The molecule has 2 aromatic rings. The second-order valence-corrected chi connectivity index (χ2v) is 7.30. The number of anilines is 1. The average Bonchev–Trinajstić information content (AvgIpc) is 2.72. The quantitative estimate of drug-likeness (QED) is 0.192. The Morgan fingerprint density at radius 3 is 2.65 bits per heavy atom. The summed E-state index contributed by atoms with van der Waals surface area (Å²) in [6, 6.07) is 15.8. The minimum atomic E-state index is 0. The third-order valence-corrected chi connectivity index (χ3v) is 5.13. The van der Waals surface area contributed by atoms with Crippen LogP contribution in [0.25, 0.3) is 0 Å². The molecule has 3 rings (SSSR count). The van der Waals surface area contributed by atoms with Crippen LogP contribution in [0.5, 0.6) is 5.75 Å². The predicted molar refractivity (Wildman–Crippen MR) is 137 cm³/mol. The number of guanidine groups is 1. The van der Waals surface area contributed by atoms with E-state index in [2.05, 4.69) is 27.5 Å². The highest BCUT2D eigenvalue weighted by Crippen LogP contribution is 2.27. The highest BCUT2D eigenvalue weighted by Gasteiger charge is 2.25. The summed E-state index contributed by atoms with van der Waals surface area (Å²) >= 11 is 0. The fourth-order valence-corrected chi connectivity index (χ4v) is 3.20. The molecule has 0 unspecified atom stereocenters. The molecule has 31 heavy (non-hydrogen) atoms. The second kappa shape index (κ2) is 13.0. The minimum Gasteiger partial charge on any atom is -0.489 e. The Hall–Kier alpha value is -2.55. The van der Waals surface area contributed by atoms with Crippen molar-refractivity contribution in [2.75, 3.05) is 19.0 Å². The van der Waals surface area contributed by atoms with Crippen LogP contribution in [0.2, 0.25) is 0 Å². The summed E-state index contributed by atoms with van der Waals surface area (Å²) < 4.78 is 5.70. The molecule has 3 N–H and O–H groups in total. The van der Waals surface area contributed by atoms with Crippen molar-refractivity contribution in [3.63, 3.8) is 0 Å². The number of nitrogens with zero attached hydrogens (tertiary/aromatic N) is 1. The number of hydrogen-bond acceptors (Lipinski definition) is 3. The minimum absolute atomic E-state index is 0. The summed E-state index contributed by atoms with van der Waals surface area (Å²) in [5.74, 6) is 1.82. The number of amides is 1. The van der Waals surface area contributed by atoms with Gasteiger partial charge in [0.25, 0.3) is 0 Å². The van der Waals surface area contributed by atoms with Crippen LogP contribution < -0.4 is 20.7 Å². The van der Waals surface area contributed by atoms with E-state index in [1.54, 1.807) is 13.1 Å². The fraction of sp³-hybridized carbons (Fsp3) is 0.333. The van der Waals surface area contributed by atoms with Gasteiger partial charge in [-0.05, 0) is 36.6 Å². The van der Waals surface area contributed by atoms with Crippen LogP contribution in [0.4, 0.5) is 5.69 Å². The van der Waals surface area contributed by atoms with Gasteiger partial charge in [0.1, 0.15) is 12.4 Å². The Labute approximate surface area is 201 Å². The van der Waals surface area contributed by atoms with E-state index in [0.29, 0.717) is 25.7 Å². The van der Waals surface area contributed by atoms with Gasteiger partial charge < -0.3 is 20.7 Å². The largest absolute Gasteiger partial charge is 0.489 e. The van der Waals surface area contributed by atoms with Gasteiger partial charge in [-0.3, -0.25) is 9.79 Å². The molecule has 166 valence electrons. The third kappa shape index (κ3) is 7.57. The molecule has 0 atom stereocenters. The number of nitrogens with one attached hydrogen (secondary N) is 3. The van der Waals surface area contributed by atoms with Crippen LogP contribution in [-0.2, 0) is 17.9 Å². The van der Waals surface area contributed by atoms with Crippen molar-refractivity contribution in [2.45, 2.75) is 32.4 Å². The monoisotopic (exact) mass is 534 g/mol. The molecule has 0 bridgehead atoms. The molecule has 1 aliphatic carbocycles. The number of ether oxygens (including phenoxy) is 1. The summed E-state index contributed by atoms with van der Waals surface area (Å²) in [5, 5.41) is 9.65. The molecule has 1 fully saturated rings. The first-order valence-electron chi connectivity index (χ1n) is 10.4. The van der Waals surface area contributed by atoms with Crippen molar-refractivity contribution in [3.05, 3.63) is 72.3 Å². The first-order valence-corrected chi connectivity index (χ1v) is 10.4. The normalized spacial score (nSPS) is 13.4.